The largest absolute Gasteiger partial charge is 0.494 e. The molecule has 0 saturated carbocycles. The molecule has 0 fully saturated rings. The van der Waals surface area contributed by atoms with Gasteiger partial charge in [0.25, 0.3) is 5.91 Å². The number of nitrogens with one attached hydrogen (secondary N) is 1. The van der Waals surface area contributed by atoms with Gasteiger partial charge in [0.1, 0.15) is 5.75 Å². The van der Waals surface area contributed by atoms with E-state index in [1.54, 1.807) is 30.7 Å². The number of carbonyl (C=O) groups is 1. The summed E-state index contributed by atoms with van der Waals surface area (Å²) in [6.45, 7) is 2.94. The summed E-state index contributed by atoms with van der Waals surface area (Å²) in [6.07, 6.45) is 9.51. The number of hydrogen-bond acceptors (Lipinski definition) is 4. The van der Waals surface area contributed by atoms with Crippen molar-refractivity contribution in [2.45, 2.75) is 32.6 Å². The molecule has 0 saturated heterocycles. The third kappa shape index (κ3) is 6.20. The third-order valence-corrected chi connectivity index (χ3v) is 3.47. The molecule has 5 heteroatoms. The Morgan fingerprint density at radius 1 is 1.12 bits per heavy atom. The Bertz CT molecular complexity index is 639. The van der Waals surface area contributed by atoms with Gasteiger partial charge in [-0.25, -0.2) is 5.43 Å². The Morgan fingerprint density at radius 3 is 2.58 bits per heavy atom. The van der Waals surface area contributed by atoms with Crippen LogP contribution in [0.4, 0.5) is 0 Å². The standard InChI is InChI=1S/C19H23N3O2/c1-2-3-4-5-14-24-18-8-6-16(7-9-18)15-21-22-19(23)17-10-12-20-13-11-17/h6-13,15H,2-5,14H2,1H3,(H,22,23)/b21-15-. The summed E-state index contributed by atoms with van der Waals surface area (Å²) < 4.78 is 5.69. The molecule has 5 nitrogen and oxygen atoms in total. The molecular formula is C19H23N3O2. The van der Waals surface area contributed by atoms with Crippen LogP contribution in [0.1, 0.15) is 48.5 Å². The lowest BCUT2D eigenvalue weighted by atomic mass is 10.2. The van der Waals surface area contributed by atoms with Gasteiger partial charge in [-0.1, -0.05) is 26.2 Å². The van der Waals surface area contributed by atoms with E-state index < -0.39 is 0 Å². The number of rotatable bonds is 9. The lowest BCUT2D eigenvalue weighted by Gasteiger charge is -2.05. The minimum absolute atomic E-state index is 0.263. The molecule has 0 spiro atoms. The van der Waals surface area contributed by atoms with Crippen molar-refractivity contribution in [2.24, 2.45) is 5.10 Å². The van der Waals surface area contributed by atoms with Crippen LogP contribution in [-0.4, -0.2) is 23.7 Å². The van der Waals surface area contributed by atoms with E-state index in [-0.39, 0.29) is 5.91 Å². The zero-order valence-corrected chi connectivity index (χ0v) is 13.9. The zero-order chi connectivity index (χ0) is 17.0. The number of aromatic nitrogens is 1. The first kappa shape index (κ1) is 17.7. The molecular weight excluding hydrogens is 302 g/mol. The van der Waals surface area contributed by atoms with Gasteiger partial charge in [-0.05, 0) is 48.4 Å². The SMILES string of the molecule is CCCCCCOc1ccc(/C=N\NC(=O)c2ccncc2)cc1. The molecule has 0 aliphatic heterocycles. The predicted octanol–water partition coefficient (Wildman–Crippen LogP) is 3.80. The Balaban J connectivity index is 1.76. The second-order valence-corrected chi connectivity index (χ2v) is 5.41. The fourth-order valence-corrected chi connectivity index (χ4v) is 2.10. The first-order chi connectivity index (χ1) is 11.8. The Labute approximate surface area is 142 Å². The highest BCUT2D eigenvalue weighted by atomic mass is 16.5. The van der Waals surface area contributed by atoms with Crippen LogP contribution < -0.4 is 10.2 Å². The molecule has 1 aromatic carbocycles. The number of ether oxygens (including phenoxy) is 1. The number of pyridine rings is 1. The normalized spacial score (nSPS) is 10.7. The van der Waals surface area contributed by atoms with Crippen LogP contribution in [0.3, 0.4) is 0 Å². The maximum atomic E-state index is 11.8. The van der Waals surface area contributed by atoms with E-state index in [1.807, 2.05) is 24.3 Å². The monoisotopic (exact) mass is 325 g/mol. The fraction of sp³-hybridized carbons (Fsp3) is 0.316. The molecule has 2 rings (SSSR count). The summed E-state index contributed by atoms with van der Waals surface area (Å²) in [6, 6.07) is 10.9. The van der Waals surface area contributed by atoms with E-state index in [0.717, 1.165) is 24.3 Å². The second kappa shape index (κ2) is 10.2. The van der Waals surface area contributed by atoms with Gasteiger partial charge < -0.3 is 4.74 Å². The van der Waals surface area contributed by atoms with Crippen molar-refractivity contribution in [1.82, 2.24) is 10.4 Å². The topological polar surface area (TPSA) is 63.6 Å². The van der Waals surface area contributed by atoms with Gasteiger partial charge in [-0.3, -0.25) is 9.78 Å². The molecule has 0 atom stereocenters. The van der Waals surface area contributed by atoms with E-state index in [1.165, 1.54) is 19.3 Å². The maximum absolute atomic E-state index is 11.8. The van der Waals surface area contributed by atoms with E-state index in [2.05, 4.69) is 22.4 Å². The predicted molar refractivity (Wildman–Crippen MR) is 95.4 cm³/mol. The molecule has 0 aliphatic rings. The quantitative estimate of drug-likeness (QED) is 0.433. The number of nitrogens with zero attached hydrogens (tertiary/aromatic N) is 2. The average molecular weight is 325 g/mol. The fourth-order valence-electron chi connectivity index (χ4n) is 2.10. The highest BCUT2D eigenvalue weighted by molar-refractivity contribution is 5.94. The summed E-state index contributed by atoms with van der Waals surface area (Å²) in [5.41, 5.74) is 3.90. The van der Waals surface area contributed by atoms with Crippen LogP contribution in [0.5, 0.6) is 5.75 Å². The third-order valence-electron chi connectivity index (χ3n) is 3.47. The van der Waals surface area contributed by atoms with Crippen molar-refractivity contribution in [1.29, 1.82) is 0 Å². The summed E-state index contributed by atoms with van der Waals surface area (Å²) in [5, 5.41) is 3.96. The number of benzene rings is 1. The Kier molecular flexibility index (Phi) is 7.47. The molecule has 1 aromatic heterocycles. The summed E-state index contributed by atoms with van der Waals surface area (Å²) in [4.78, 5) is 15.7. The van der Waals surface area contributed by atoms with Crippen LogP contribution in [0, 0.1) is 0 Å². The van der Waals surface area contributed by atoms with Crippen LogP contribution in [-0.2, 0) is 0 Å². The van der Waals surface area contributed by atoms with Crippen LogP contribution in [0.25, 0.3) is 0 Å². The van der Waals surface area contributed by atoms with Gasteiger partial charge in [0, 0.05) is 18.0 Å². The smallest absolute Gasteiger partial charge is 0.271 e. The van der Waals surface area contributed by atoms with Gasteiger partial charge in [0.05, 0.1) is 12.8 Å². The van der Waals surface area contributed by atoms with Gasteiger partial charge in [0.15, 0.2) is 0 Å². The first-order valence-electron chi connectivity index (χ1n) is 8.26. The summed E-state index contributed by atoms with van der Waals surface area (Å²) >= 11 is 0. The van der Waals surface area contributed by atoms with E-state index in [9.17, 15) is 4.79 Å². The number of unbranched alkanes of at least 4 members (excludes halogenated alkanes) is 3. The van der Waals surface area contributed by atoms with Gasteiger partial charge >= 0.3 is 0 Å². The number of hydrogen-bond donors (Lipinski definition) is 1. The zero-order valence-electron chi connectivity index (χ0n) is 13.9. The molecule has 0 unspecified atom stereocenters. The molecule has 0 bridgehead atoms. The summed E-state index contributed by atoms with van der Waals surface area (Å²) in [7, 11) is 0. The van der Waals surface area contributed by atoms with Crippen LogP contribution >= 0.6 is 0 Å². The van der Waals surface area contributed by atoms with Gasteiger partial charge in [0.2, 0.25) is 0 Å². The van der Waals surface area contributed by atoms with Crippen molar-refractivity contribution in [3.05, 3.63) is 59.9 Å². The summed E-state index contributed by atoms with van der Waals surface area (Å²) in [5.74, 6) is 0.588. The molecule has 2 aromatic rings. The van der Waals surface area contributed by atoms with E-state index >= 15 is 0 Å². The molecule has 1 N–H and O–H groups in total. The van der Waals surface area contributed by atoms with E-state index in [0.29, 0.717) is 5.56 Å². The second-order valence-electron chi connectivity index (χ2n) is 5.41. The van der Waals surface area contributed by atoms with Crippen molar-refractivity contribution in [3.63, 3.8) is 0 Å². The maximum Gasteiger partial charge on any atom is 0.271 e. The van der Waals surface area contributed by atoms with Gasteiger partial charge in [-0.15, -0.1) is 0 Å². The van der Waals surface area contributed by atoms with E-state index in [4.69, 9.17) is 4.74 Å². The van der Waals surface area contributed by atoms with Crippen LogP contribution in [0.15, 0.2) is 53.9 Å². The van der Waals surface area contributed by atoms with Crippen molar-refractivity contribution in [2.75, 3.05) is 6.61 Å². The minimum atomic E-state index is -0.263. The molecule has 1 heterocycles. The number of amides is 1. The van der Waals surface area contributed by atoms with Gasteiger partial charge in [-0.2, -0.15) is 5.10 Å². The van der Waals surface area contributed by atoms with Crippen molar-refractivity contribution >= 4 is 12.1 Å². The lowest BCUT2D eigenvalue weighted by molar-refractivity contribution is 0.0955. The molecule has 0 radical (unpaired) electrons. The number of carbonyl (C=O) groups excluding carboxylic acids is 1. The highest BCUT2D eigenvalue weighted by Gasteiger charge is 2.01. The Morgan fingerprint density at radius 2 is 1.88 bits per heavy atom. The molecule has 24 heavy (non-hydrogen) atoms. The molecule has 126 valence electrons. The van der Waals surface area contributed by atoms with Crippen molar-refractivity contribution in [3.8, 4) is 5.75 Å². The average Bonchev–Trinajstić information content (AvgIpc) is 2.63. The lowest BCUT2D eigenvalue weighted by Crippen LogP contribution is -2.17. The molecule has 0 aliphatic carbocycles. The Hall–Kier alpha value is -2.69. The highest BCUT2D eigenvalue weighted by Crippen LogP contribution is 2.12. The first-order valence-corrected chi connectivity index (χ1v) is 8.26. The van der Waals surface area contributed by atoms with Crippen LogP contribution in [0.2, 0.25) is 0 Å². The van der Waals surface area contributed by atoms with Crippen molar-refractivity contribution < 1.29 is 9.53 Å². The molecule has 1 amide bonds. The minimum Gasteiger partial charge on any atom is -0.494 e. The number of hydrazone groups is 1.